The Hall–Kier alpha value is -7.83. The Morgan fingerprint density at radius 1 is 0.397 bits per heavy atom. The van der Waals surface area contributed by atoms with Gasteiger partial charge in [-0.3, -0.25) is 14.5 Å². The third kappa shape index (κ3) is 4.08. The van der Waals surface area contributed by atoms with Crippen LogP contribution in [-0.2, 0) is 5.41 Å². The maximum Gasteiger partial charge on any atom is 0.137 e. The highest BCUT2D eigenvalue weighted by Gasteiger charge is 2.52. The summed E-state index contributed by atoms with van der Waals surface area (Å²) in [5.74, 6) is 2.57. The van der Waals surface area contributed by atoms with Crippen LogP contribution in [-0.4, -0.2) is 24.1 Å². The van der Waals surface area contributed by atoms with Crippen molar-refractivity contribution < 1.29 is 4.74 Å². The fourth-order valence-electron chi connectivity index (χ4n) is 9.98. The Labute approximate surface area is 332 Å². The van der Waals surface area contributed by atoms with Gasteiger partial charge >= 0.3 is 0 Å². The van der Waals surface area contributed by atoms with Gasteiger partial charge in [0.05, 0.1) is 50.8 Å². The van der Waals surface area contributed by atoms with Crippen molar-refractivity contribution in [2.24, 2.45) is 0 Å². The van der Waals surface area contributed by atoms with E-state index >= 15 is 0 Å². The molecule has 0 N–H and O–H groups in total. The molecule has 5 aromatic heterocycles. The molecule has 0 unspecified atom stereocenters. The monoisotopic (exact) mass is 741 g/mol. The van der Waals surface area contributed by atoms with Gasteiger partial charge in [-0.05, 0) is 95.1 Å². The van der Waals surface area contributed by atoms with E-state index in [1.807, 2.05) is 36.8 Å². The lowest BCUT2D eigenvalue weighted by atomic mass is 9.66. The first-order valence-corrected chi connectivity index (χ1v) is 19.6. The average Bonchev–Trinajstić information content (AvgIpc) is 3.91. The van der Waals surface area contributed by atoms with Crippen LogP contribution >= 0.6 is 0 Å². The second-order valence-electron chi connectivity index (χ2n) is 15.2. The molecule has 58 heavy (non-hydrogen) atoms. The fourth-order valence-corrected chi connectivity index (χ4v) is 9.98. The molecule has 6 aromatic carbocycles. The lowest BCUT2D eigenvalue weighted by Gasteiger charge is -2.39. The topological polar surface area (TPSA) is 57.8 Å². The van der Waals surface area contributed by atoms with Crippen LogP contribution in [0.2, 0.25) is 0 Å². The molecule has 2 aliphatic rings. The summed E-state index contributed by atoms with van der Waals surface area (Å²) in [6, 6.07) is 60.4. The van der Waals surface area contributed by atoms with Gasteiger partial charge in [-0.2, -0.15) is 0 Å². The van der Waals surface area contributed by atoms with Gasteiger partial charge in [0, 0.05) is 45.1 Å². The van der Waals surface area contributed by atoms with Gasteiger partial charge in [0.25, 0.3) is 0 Å². The first-order valence-electron chi connectivity index (χ1n) is 19.6. The Morgan fingerprint density at radius 2 is 0.948 bits per heavy atom. The minimum atomic E-state index is -0.633. The molecule has 0 bridgehead atoms. The van der Waals surface area contributed by atoms with E-state index in [4.69, 9.17) is 19.7 Å². The maximum absolute atomic E-state index is 6.69. The predicted octanol–water partition coefficient (Wildman–Crippen LogP) is 12.2. The molecule has 1 aliphatic heterocycles. The number of hydrogen-bond donors (Lipinski definition) is 0. The Balaban J connectivity index is 0.971. The molecule has 0 fully saturated rings. The number of nitrogens with zero attached hydrogens (tertiary/aromatic N) is 5. The van der Waals surface area contributed by atoms with Gasteiger partial charge in [0.1, 0.15) is 17.3 Å². The van der Waals surface area contributed by atoms with Crippen LogP contribution in [0, 0.1) is 0 Å². The second-order valence-corrected chi connectivity index (χ2v) is 15.2. The lowest BCUT2D eigenvalue weighted by Crippen LogP contribution is -2.32. The van der Waals surface area contributed by atoms with Crippen molar-refractivity contribution in [3.05, 3.63) is 211 Å². The molecular weight excluding hydrogens is 711 g/mol. The van der Waals surface area contributed by atoms with E-state index in [0.717, 1.165) is 89.8 Å². The molecule has 6 heteroatoms. The van der Waals surface area contributed by atoms with Crippen molar-refractivity contribution in [1.82, 2.24) is 24.1 Å². The molecule has 13 rings (SSSR count). The van der Waals surface area contributed by atoms with Crippen LogP contribution in [0.1, 0.15) is 22.3 Å². The van der Waals surface area contributed by atoms with Crippen LogP contribution in [0.3, 0.4) is 0 Å². The Morgan fingerprint density at radius 3 is 1.64 bits per heavy atom. The summed E-state index contributed by atoms with van der Waals surface area (Å²) in [5.41, 5.74) is 13.4. The Kier molecular flexibility index (Phi) is 6.28. The van der Waals surface area contributed by atoms with Crippen molar-refractivity contribution in [1.29, 1.82) is 0 Å². The molecule has 0 saturated heterocycles. The number of para-hydroxylation sites is 4. The van der Waals surface area contributed by atoms with Crippen molar-refractivity contribution >= 4 is 43.6 Å². The summed E-state index contributed by atoms with van der Waals surface area (Å²) in [4.78, 5) is 14.9. The van der Waals surface area contributed by atoms with Crippen molar-refractivity contribution in [3.63, 3.8) is 0 Å². The van der Waals surface area contributed by atoms with Gasteiger partial charge in [0.15, 0.2) is 0 Å². The molecule has 1 spiro atoms. The van der Waals surface area contributed by atoms with E-state index < -0.39 is 5.41 Å². The molecular formula is C52H31N5O. The quantitative estimate of drug-likeness (QED) is 0.181. The van der Waals surface area contributed by atoms with Crippen LogP contribution in [0.5, 0.6) is 11.5 Å². The first-order chi connectivity index (χ1) is 28.8. The molecule has 0 radical (unpaired) electrons. The number of pyridine rings is 3. The molecule has 6 heterocycles. The zero-order valence-corrected chi connectivity index (χ0v) is 31.0. The summed E-state index contributed by atoms with van der Waals surface area (Å²) < 4.78 is 11.3. The van der Waals surface area contributed by atoms with Crippen LogP contribution < -0.4 is 4.74 Å². The zero-order valence-electron chi connectivity index (χ0n) is 31.0. The number of ether oxygens (including phenoxy) is 1. The van der Waals surface area contributed by atoms with E-state index in [1.165, 1.54) is 21.5 Å². The smallest absolute Gasteiger partial charge is 0.137 e. The second kappa shape index (κ2) is 11.6. The summed E-state index contributed by atoms with van der Waals surface area (Å²) in [5, 5.41) is 4.81. The van der Waals surface area contributed by atoms with Crippen LogP contribution in [0.25, 0.3) is 77.6 Å². The van der Waals surface area contributed by atoms with Crippen molar-refractivity contribution in [3.8, 4) is 45.5 Å². The van der Waals surface area contributed by atoms with Crippen LogP contribution in [0.15, 0.2) is 188 Å². The number of hydrogen-bond acceptors (Lipinski definition) is 4. The van der Waals surface area contributed by atoms with E-state index in [-0.39, 0.29) is 0 Å². The van der Waals surface area contributed by atoms with Crippen LogP contribution in [0.4, 0.5) is 0 Å². The molecule has 6 nitrogen and oxygen atoms in total. The molecule has 1 aliphatic carbocycles. The number of aromatic nitrogens is 5. The number of benzene rings is 6. The standard InChI is InChI=1S/C52H31N5O/c1-6-18-44-35(11-1)36-12-2-7-19-45(36)57(44)49-26-23-34(31-55-49)56-43-17-5-3-13-37(43)38-29-32(21-24-46(38)56)33-22-25-48-42(30-33)52(39-14-4-8-20-47(39)58-48)40-15-9-27-53-50(40)51-41(52)16-10-28-54-51/h1-31H. The average molecular weight is 742 g/mol. The van der Waals surface area contributed by atoms with E-state index in [9.17, 15) is 0 Å². The van der Waals surface area contributed by atoms with Gasteiger partial charge < -0.3 is 9.30 Å². The van der Waals surface area contributed by atoms with Gasteiger partial charge in [-0.15, -0.1) is 0 Å². The number of fused-ring (bicyclic) bond motifs is 15. The molecule has 0 atom stereocenters. The lowest BCUT2D eigenvalue weighted by molar-refractivity contribution is 0.436. The van der Waals surface area contributed by atoms with Gasteiger partial charge in [0.2, 0.25) is 0 Å². The van der Waals surface area contributed by atoms with Crippen molar-refractivity contribution in [2.75, 3.05) is 0 Å². The third-order valence-corrected chi connectivity index (χ3v) is 12.3. The highest BCUT2D eigenvalue weighted by atomic mass is 16.5. The fraction of sp³-hybridized carbons (Fsp3) is 0.0192. The largest absolute Gasteiger partial charge is 0.457 e. The molecule has 270 valence electrons. The predicted molar refractivity (Wildman–Crippen MR) is 231 cm³/mol. The highest BCUT2D eigenvalue weighted by molar-refractivity contribution is 6.11. The minimum absolute atomic E-state index is 0.633. The summed E-state index contributed by atoms with van der Waals surface area (Å²) in [7, 11) is 0. The summed E-state index contributed by atoms with van der Waals surface area (Å²) in [6.07, 6.45) is 5.72. The summed E-state index contributed by atoms with van der Waals surface area (Å²) >= 11 is 0. The minimum Gasteiger partial charge on any atom is -0.457 e. The zero-order chi connectivity index (χ0) is 38.0. The SMILES string of the molecule is c1ccc2c(c1)Oc1ccc(-c3ccc4c(c3)c3ccccc3n4-c3ccc(-n4c5ccccc5c5ccccc54)nc3)cc1C21c2cccnc2-c2ncccc21. The number of rotatable bonds is 3. The molecule has 0 amide bonds. The molecule has 0 saturated carbocycles. The van der Waals surface area contributed by atoms with E-state index in [2.05, 4.69) is 161 Å². The van der Waals surface area contributed by atoms with E-state index in [1.54, 1.807) is 0 Å². The molecule has 11 aromatic rings. The normalized spacial score (nSPS) is 13.4. The first kappa shape index (κ1) is 31.4. The highest BCUT2D eigenvalue weighted by Crippen LogP contribution is 2.61. The van der Waals surface area contributed by atoms with Gasteiger partial charge in [-0.1, -0.05) is 97.1 Å². The van der Waals surface area contributed by atoms with Crippen molar-refractivity contribution in [2.45, 2.75) is 5.41 Å². The Bertz CT molecular complexity index is 3410. The third-order valence-electron chi connectivity index (χ3n) is 12.3. The maximum atomic E-state index is 6.69. The van der Waals surface area contributed by atoms with Gasteiger partial charge in [-0.25, -0.2) is 4.98 Å². The van der Waals surface area contributed by atoms with E-state index in [0.29, 0.717) is 0 Å². The summed E-state index contributed by atoms with van der Waals surface area (Å²) in [6.45, 7) is 0.